The fourth-order valence-electron chi connectivity index (χ4n) is 3.51. The summed E-state index contributed by atoms with van der Waals surface area (Å²) in [6.07, 6.45) is 0.946. The van der Waals surface area contributed by atoms with Crippen LogP contribution in [0.2, 0.25) is 0 Å². The molecule has 6 nitrogen and oxygen atoms in total. The third-order valence-electron chi connectivity index (χ3n) is 5.07. The summed E-state index contributed by atoms with van der Waals surface area (Å²) in [4.78, 5) is 17.2. The van der Waals surface area contributed by atoms with Gasteiger partial charge in [-0.15, -0.1) is 0 Å². The lowest BCUT2D eigenvalue weighted by molar-refractivity contribution is 0.0951. The molecule has 6 heteroatoms. The lowest BCUT2D eigenvalue weighted by Crippen LogP contribution is -2.47. The molecule has 2 heterocycles. The number of rotatable bonds is 6. The number of fused-ring (bicyclic) bond motifs is 1. The third-order valence-corrected chi connectivity index (χ3v) is 5.07. The van der Waals surface area contributed by atoms with Crippen LogP contribution in [-0.2, 0) is 0 Å². The zero-order valence-electron chi connectivity index (χ0n) is 15.4. The first-order valence-electron chi connectivity index (χ1n) is 9.50. The van der Waals surface area contributed by atoms with Gasteiger partial charge in [-0.2, -0.15) is 0 Å². The average molecular weight is 367 g/mol. The van der Waals surface area contributed by atoms with Crippen molar-refractivity contribution in [3.63, 3.8) is 0 Å². The van der Waals surface area contributed by atoms with Gasteiger partial charge in [0.05, 0.1) is 0 Å². The van der Waals surface area contributed by atoms with Gasteiger partial charge >= 0.3 is 0 Å². The zero-order chi connectivity index (χ0) is 18.5. The first-order valence-corrected chi connectivity index (χ1v) is 9.50. The van der Waals surface area contributed by atoms with Gasteiger partial charge < -0.3 is 19.7 Å². The van der Waals surface area contributed by atoms with Crippen LogP contribution in [0.4, 0.5) is 5.69 Å². The topological polar surface area (TPSA) is 54.0 Å². The summed E-state index contributed by atoms with van der Waals surface area (Å²) in [5.74, 6) is 1.27. The predicted octanol–water partition coefficient (Wildman–Crippen LogP) is 2.36. The zero-order valence-corrected chi connectivity index (χ0v) is 15.4. The maximum atomic E-state index is 12.3. The van der Waals surface area contributed by atoms with Crippen molar-refractivity contribution in [3.05, 3.63) is 54.1 Å². The Morgan fingerprint density at radius 3 is 2.56 bits per heavy atom. The molecule has 2 aliphatic heterocycles. The smallest absolute Gasteiger partial charge is 0.251 e. The van der Waals surface area contributed by atoms with E-state index in [1.807, 2.05) is 0 Å². The Kier molecular flexibility index (Phi) is 5.44. The maximum absolute atomic E-state index is 12.3. The van der Waals surface area contributed by atoms with Crippen molar-refractivity contribution in [2.24, 2.45) is 0 Å². The number of nitrogens with zero attached hydrogens (tertiary/aromatic N) is 2. The van der Waals surface area contributed by atoms with Gasteiger partial charge in [0.1, 0.15) is 0 Å². The van der Waals surface area contributed by atoms with Gasteiger partial charge in [0.15, 0.2) is 11.5 Å². The molecule has 142 valence electrons. The third kappa shape index (κ3) is 4.34. The molecule has 2 aromatic carbocycles. The van der Waals surface area contributed by atoms with Gasteiger partial charge in [-0.25, -0.2) is 0 Å². The van der Waals surface area contributed by atoms with E-state index in [1.54, 1.807) is 18.2 Å². The fraction of sp³-hybridized carbons (Fsp3) is 0.381. The van der Waals surface area contributed by atoms with E-state index in [1.165, 1.54) is 5.69 Å². The van der Waals surface area contributed by atoms with Crippen LogP contribution in [0.5, 0.6) is 11.5 Å². The van der Waals surface area contributed by atoms with Gasteiger partial charge in [-0.1, -0.05) is 18.2 Å². The molecule has 0 spiro atoms. The summed E-state index contributed by atoms with van der Waals surface area (Å²) in [6.45, 7) is 6.12. The van der Waals surface area contributed by atoms with E-state index < -0.39 is 0 Å². The van der Waals surface area contributed by atoms with E-state index in [0.717, 1.165) is 39.1 Å². The normalized spacial score (nSPS) is 16.4. The second kappa shape index (κ2) is 8.31. The highest BCUT2D eigenvalue weighted by Crippen LogP contribution is 2.32. The van der Waals surface area contributed by atoms with Crippen molar-refractivity contribution in [3.8, 4) is 11.5 Å². The van der Waals surface area contributed by atoms with E-state index in [-0.39, 0.29) is 12.7 Å². The molecule has 1 amide bonds. The number of carbonyl (C=O) groups excluding carboxylic acids is 1. The number of hydrogen-bond acceptors (Lipinski definition) is 5. The quantitative estimate of drug-likeness (QED) is 0.795. The summed E-state index contributed by atoms with van der Waals surface area (Å²) >= 11 is 0. The van der Waals surface area contributed by atoms with Gasteiger partial charge in [0.2, 0.25) is 6.79 Å². The van der Waals surface area contributed by atoms with Crippen LogP contribution in [0, 0.1) is 0 Å². The Bertz CT molecular complexity index is 773. The van der Waals surface area contributed by atoms with Crippen LogP contribution < -0.4 is 19.7 Å². The molecular weight excluding hydrogens is 342 g/mol. The molecule has 0 aliphatic carbocycles. The summed E-state index contributed by atoms with van der Waals surface area (Å²) < 4.78 is 10.6. The standard InChI is InChI=1S/C21H25N3O3/c25-21(17-7-8-19-20(15-17)27-16-26-19)22-9-4-10-23-11-13-24(14-12-23)18-5-2-1-3-6-18/h1-3,5-8,15H,4,9-14,16H2,(H,22,25). The minimum atomic E-state index is -0.0674. The lowest BCUT2D eigenvalue weighted by Gasteiger charge is -2.36. The molecule has 2 aromatic rings. The summed E-state index contributed by atoms with van der Waals surface area (Å²) in [7, 11) is 0. The number of amides is 1. The van der Waals surface area contributed by atoms with Crippen molar-refractivity contribution in [2.45, 2.75) is 6.42 Å². The number of benzene rings is 2. The van der Waals surface area contributed by atoms with Crippen molar-refractivity contribution in [2.75, 3.05) is 51.0 Å². The van der Waals surface area contributed by atoms with Crippen LogP contribution >= 0.6 is 0 Å². The van der Waals surface area contributed by atoms with Crippen molar-refractivity contribution in [1.29, 1.82) is 0 Å². The number of hydrogen-bond donors (Lipinski definition) is 1. The first kappa shape index (κ1) is 17.7. The average Bonchev–Trinajstić information content (AvgIpc) is 3.20. The van der Waals surface area contributed by atoms with Crippen LogP contribution in [-0.4, -0.2) is 56.9 Å². The van der Waals surface area contributed by atoms with E-state index in [4.69, 9.17) is 9.47 Å². The summed E-state index contributed by atoms with van der Waals surface area (Å²) in [6, 6.07) is 15.9. The van der Waals surface area contributed by atoms with E-state index >= 15 is 0 Å². The van der Waals surface area contributed by atoms with Gasteiger partial charge in [-0.05, 0) is 43.3 Å². The Morgan fingerprint density at radius 2 is 1.74 bits per heavy atom. The Hall–Kier alpha value is -2.73. The van der Waals surface area contributed by atoms with Crippen LogP contribution in [0.3, 0.4) is 0 Å². The SMILES string of the molecule is O=C(NCCCN1CCN(c2ccccc2)CC1)c1ccc2c(c1)OCO2. The molecule has 1 N–H and O–H groups in total. The molecule has 27 heavy (non-hydrogen) atoms. The van der Waals surface area contributed by atoms with Gasteiger partial charge in [-0.3, -0.25) is 9.69 Å². The number of piperazine rings is 1. The highest BCUT2D eigenvalue weighted by atomic mass is 16.7. The van der Waals surface area contributed by atoms with Gasteiger partial charge in [0.25, 0.3) is 5.91 Å². The Morgan fingerprint density at radius 1 is 0.963 bits per heavy atom. The fourth-order valence-corrected chi connectivity index (χ4v) is 3.51. The molecule has 0 aromatic heterocycles. The molecular formula is C21H25N3O3. The number of para-hydroxylation sites is 1. The summed E-state index contributed by atoms with van der Waals surface area (Å²) in [5, 5.41) is 2.99. The number of carbonyl (C=O) groups is 1. The molecule has 1 fully saturated rings. The molecule has 0 unspecified atom stereocenters. The Labute approximate surface area is 159 Å². The molecule has 0 saturated carbocycles. The minimum Gasteiger partial charge on any atom is -0.454 e. The Balaban J connectivity index is 1.16. The molecule has 4 rings (SSSR count). The highest BCUT2D eigenvalue weighted by molar-refractivity contribution is 5.94. The largest absolute Gasteiger partial charge is 0.454 e. The number of anilines is 1. The lowest BCUT2D eigenvalue weighted by atomic mass is 10.2. The predicted molar refractivity (Wildman–Crippen MR) is 105 cm³/mol. The maximum Gasteiger partial charge on any atom is 0.251 e. The highest BCUT2D eigenvalue weighted by Gasteiger charge is 2.18. The van der Waals surface area contributed by atoms with Crippen LogP contribution in [0.1, 0.15) is 16.8 Å². The number of ether oxygens (including phenoxy) is 2. The first-order chi connectivity index (χ1) is 13.3. The second-order valence-electron chi connectivity index (χ2n) is 6.84. The van der Waals surface area contributed by atoms with E-state index in [9.17, 15) is 4.79 Å². The molecule has 0 atom stereocenters. The molecule has 0 bridgehead atoms. The van der Waals surface area contributed by atoms with Crippen molar-refractivity contribution in [1.82, 2.24) is 10.2 Å². The molecule has 1 saturated heterocycles. The van der Waals surface area contributed by atoms with Crippen molar-refractivity contribution >= 4 is 11.6 Å². The molecule has 2 aliphatic rings. The van der Waals surface area contributed by atoms with Crippen LogP contribution in [0.25, 0.3) is 0 Å². The van der Waals surface area contributed by atoms with E-state index in [2.05, 4.69) is 45.4 Å². The molecule has 0 radical (unpaired) electrons. The van der Waals surface area contributed by atoms with E-state index in [0.29, 0.717) is 23.6 Å². The monoisotopic (exact) mass is 367 g/mol. The van der Waals surface area contributed by atoms with Gasteiger partial charge in [0, 0.05) is 44.0 Å². The van der Waals surface area contributed by atoms with Crippen LogP contribution in [0.15, 0.2) is 48.5 Å². The number of nitrogens with one attached hydrogen (secondary N) is 1. The second-order valence-corrected chi connectivity index (χ2v) is 6.84. The summed E-state index contributed by atoms with van der Waals surface area (Å²) in [5.41, 5.74) is 1.91. The van der Waals surface area contributed by atoms with Crippen molar-refractivity contribution < 1.29 is 14.3 Å². The minimum absolute atomic E-state index is 0.0674.